The summed E-state index contributed by atoms with van der Waals surface area (Å²) < 4.78 is 38.1. The van der Waals surface area contributed by atoms with Crippen LogP contribution in [-0.4, -0.2) is 35.3 Å². The van der Waals surface area contributed by atoms with E-state index < -0.39 is 17.6 Å². The first-order valence-electron chi connectivity index (χ1n) is 6.64. The summed E-state index contributed by atoms with van der Waals surface area (Å²) in [5.74, 6) is -0.573. The van der Waals surface area contributed by atoms with Crippen LogP contribution in [0, 0.1) is 0 Å². The molecule has 0 spiro atoms. The molecule has 7 heteroatoms. The predicted octanol–water partition coefficient (Wildman–Crippen LogP) is 1.81. The third kappa shape index (κ3) is 2.48. The molecule has 21 heavy (non-hydrogen) atoms. The van der Waals surface area contributed by atoms with Gasteiger partial charge in [-0.25, -0.2) is 0 Å². The number of amides is 2. The van der Waals surface area contributed by atoms with Gasteiger partial charge in [0.15, 0.2) is 0 Å². The van der Waals surface area contributed by atoms with Crippen LogP contribution >= 0.6 is 0 Å². The maximum absolute atomic E-state index is 12.7. The van der Waals surface area contributed by atoms with Crippen LogP contribution in [0.2, 0.25) is 0 Å². The van der Waals surface area contributed by atoms with Crippen molar-refractivity contribution >= 4 is 11.8 Å². The molecule has 2 atom stereocenters. The van der Waals surface area contributed by atoms with Crippen LogP contribution in [0.15, 0.2) is 24.3 Å². The lowest BCUT2D eigenvalue weighted by Gasteiger charge is -2.23. The Morgan fingerprint density at radius 1 is 1.33 bits per heavy atom. The second kappa shape index (κ2) is 4.75. The fourth-order valence-corrected chi connectivity index (χ4v) is 2.98. The van der Waals surface area contributed by atoms with E-state index in [1.807, 2.05) is 0 Å². The zero-order chi connectivity index (χ0) is 15.2. The van der Waals surface area contributed by atoms with Gasteiger partial charge in [-0.05, 0) is 24.6 Å². The molecular weight excluding hydrogens is 285 g/mol. The maximum atomic E-state index is 12.7. The second-order valence-corrected chi connectivity index (χ2v) is 5.31. The van der Waals surface area contributed by atoms with Crippen LogP contribution in [0.3, 0.4) is 0 Å². The third-order valence-electron chi connectivity index (χ3n) is 3.98. The normalized spacial score (nSPS) is 24.9. The van der Waals surface area contributed by atoms with Gasteiger partial charge in [-0.2, -0.15) is 13.2 Å². The number of halogens is 3. The molecule has 1 N–H and O–H groups in total. The summed E-state index contributed by atoms with van der Waals surface area (Å²) in [6, 6.07) is 4.06. The summed E-state index contributed by atoms with van der Waals surface area (Å²) in [5.41, 5.74) is -0.838. The lowest BCUT2D eigenvalue weighted by molar-refractivity contribution is -0.137. The van der Waals surface area contributed by atoms with E-state index in [1.165, 1.54) is 17.0 Å². The SMILES string of the molecule is O=C1C[C@H]2[C@@H](CCN2C(=O)c2cccc(C(F)(F)F)c2)N1. The van der Waals surface area contributed by atoms with Gasteiger partial charge in [0.25, 0.3) is 5.91 Å². The number of nitrogens with zero attached hydrogens (tertiary/aromatic N) is 1. The number of fused-ring (bicyclic) bond motifs is 1. The van der Waals surface area contributed by atoms with Gasteiger partial charge in [0.1, 0.15) is 0 Å². The van der Waals surface area contributed by atoms with Crippen molar-refractivity contribution in [3.05, 3.63) is 35.4 Å². The highest BCUT2D eigenvalue weighted by Crippen LogP contribution is 2.31. The van der Waals surface area contributed by atoms with Gasteiger partial charge in [0.05, 0.1) is 17.6 Å². The number of rotatable bonds is 1. The standard InChI is InChI=1S/C14H13F3N2O2/c15-14(16,17)9-3-1-2-8(6-9)13(21)19-5-4-10-11(19)7-12(20)18-10/h1-3,6,10-11H,4-5,7H2,(H,18,20)/t10-,11+/m1/s1. The fourth-order valence-electron chi connectivity index (χ4n) is 2.98. The van der Waals surface area contributed by atoms with E-state index in [0.29, 0.717) is 13.0 Å². The molecule has 0 unspecified atom stereocenters. The van der Waals surface area contributed by atoms with Crippen molar-refractivity contribution in [1.82, 2.24) is 10.2 Å². The average Bonchev–Trinajstić information content (AvgIpc) is 2.96. The molecule has 2 aliphatic heterocycles. The molecule has 1 aromatic rings. The van der Waals surface area contributed by atoms with Crippen molar-refractivity contribution in [2.75, 3.05) is 6.54 Å². The molecular formula is C14H13F3N2O2. The van der Waals surface area contributed by atoms with Crippen LogP contribution in [0.25, 0.3) is 0 Å². The molecule has 2 fully saturated rings. The quantitative estimate of drug-likeness (QED) is 0.859. The Balaban J connectivity index is 1.84. The largest absolute Gasteiger partial charge is 0.416 e. The minimum absolute atomic E-state index is 0.00447. The summed E-state index contributed by atoms with van der Waals surface area (Å²) >= 11 is 0. The van der Waals surface area contributed by atoms with Crippen molar-refractivity contribution in [1.29, 1.82) is 0 Å². The van der Waals surface area contributed by atoms with Crippen molar-refractivity contribution in [2.24, 2.45) is 0 Å². The topological polar surface area (TPSA) is 49.4 Å². The molecule has 0 aliphatic carbocycles. The van der Waals surface area contributed by atoms with Crippen molar-refractivity contribution in [2.45, 2.75) is 31.1 Å². The Morgan fingerprint density at radius 3 is 2.81 bits per heavy atom. The number of hydrogen-bond donors (Lipinski definition) is 1. The molecule has 4 nitrogen and oxygen atoms in total. The van der Waals surface area contributed by atoms with Gasteiger partial charge >= 0.3 is 6.18 Å². The van der Waals surface area contributed by atoms with Gasteiger partial charge in [0.2, 0.25) is 5.91 Å². The molecule has 0 radical (unpaired) electrons. The minimum Gasteiger partial charge on any atom is -0.351 e. The summed E-state index contributed by atoms with van der Waals surface area (Å²) in [4.78, 5) is 25.2. The highest BCUT2D eigenvalue weighted by atomic mass is 19.4. The van der Waals surface area contributed by atoms with E-state index in [1.54, 1.807) is 0 Å². The molecule has 0 saturated carbocycles. The molecule has 112 valence electrons. The zero-order valence-electron chi connectivity index (χ0n) is 11.0. The first-order valence-corrected chi connectivity index (χ1v) is 6.64. The van der Waals surface area contributed by atoms with Gasteiger partial charge in [0, 0.05) is 18.5 Å². The molecule has 2 saturated heterocycles. The van der Waals surface area contributed by atoms with E-state index in [9.17, 15) is 22.8 Å². The molecule has 0 bridgehead atoms. The molecule has 2 amide bonds. The van der Waals surface area contributed by atoms with Gasteiger partial charge in [-0.15, -0.1) is 0 Å². The molecule has 0 aromatic heterocycles. The number of alkyl halides is 3. The molecule has 1 aromatic carbocycles. The van der Waals surface area contributed by atoms with Gasteiger partial charge in [-0.1, -0.05) is 6.07 Å². The summed E-state index contributed by atoms with van der Waals surface area (Å²) in [6.45, 7) is 0.449. The smallest absolute Gasteiger partial charge is 0.351 e. The number of hydrogen-bond acceptors (Lipinski definition) is 2. The van der Waals surface area contributed by atoms with Crippen LogP contribution in [0.5, 0.6) is 0 Å². The number of carbonyl (C=O) groups excluding carboxylic acids is 2. The Kier molecular flexibility index (Phi) is 3.15. The first kappa shape index (κ1) is 13.9. The van der Waals surface area contributed by atoms with Crippen molar-refractivity contribution in [3.63, 3.8) is 0 Å². The first-order chi connectivity index (χ1) is 9.86. The minimum atomic E-state index is -4.48. The Bertz CT molecular complexity index is 600. The third-order valence-corrected chi connectivity index (χ3v) is 3.98. The van der Waals surface area contributed by atoms with Crippen LogP contribution in [0.1, 0.15) is 28.8 Å². The van der Waals surface area contributed by atoms with Crippen molar-refractivity contribution in [3.8, 4) is 0 Å². The Morgan fingerprint density at radius 2 is 2.10 bits per heavy atom. The van der Waals surface area contributed by atoms with E-state index in [4.69, 9.17) is 0 Å². The lowest BCUT2D eigenvalue weighted by atomic mass is 10.1. The number of likely N-dealkylation sites (tertiary alicyclic amines) is 1. The van der Waals surface area contributed by atoms with E-state index in [0.717, 1.165) is 12.1 Å². The average molecular weight is 298 g/mol. The fraction of sp³-hybridized carbons (Fsp3) is 0.429. The lowest BCUT2D eigenvalue weighted by Crippen LogP contribution is -2.38. The summed E-state index contributed by atoms with van der Waals surface area (Å²) in [7, 11) is 0. The zero-order valence-corrected chi connectivity index (χ0v) is 11.0. The molecule has 2 aliphatic rings. The highest BCUT2D eigenvalue weighted by Gasteiger charge is 2.43. The van der Waals surface area contributed by atoms with E-state index in [2.05, 4.69) is 5.32 Å². The van der Waals surface area contributed by atoms with Gasteiger partial charge in [-0.3, -0.25) is 9.59 Å². The van der Waals surface area contributed by atoms with Crippen LogP contribution in [0.4, 0.5) is 13.2 Å². The maximum Gasteiger partial charge on any atom is 0.416 e. The van der Waals surface area contributed by atoms with E-state index >= 15 is 0 Å². The number of nitrogens with one attached hydrogen (secondary N) is 1. The van der Waals surface area contributed by atoms with Crippen LogP contribution in [-0.2, 0) is 11.0 Å². The van der Waals surface area contributed by atoms with Gasteiger partial charge < -0.3 is 10.2 Å². The summed E-state index contributed by atoms with van der Waals surface area (Å²) in [5, 5.41) is 2.77. The second-order valence-electron chi connectivity index (χ2n) is 5.31. The number of benzene rings is 1. The predicted molar refractivity (Wildman–Crippen MR) is 67.4 cm³/mol. The number of carbonyl (C=O) groups is 2. The van der Waals surface area contributed by atoms with Crippen LogP contribution < -0.4 is 5.32 Å². The molecule has 2 heterocycles. The summed E-state index contributed by atoms with van der Waals surface area (Å²) in [6.07, 6.45) is -3.62. The Hall–Kier alpha value is -2.05. The highest BCUT2D eigenvalue weighted by molar-refractivity contribution is 5.95. The Labute approximate surface area is 118 Å². The van der Waals surface area contributed by atoms with Crippen molar-refractivity contribution < 1.29 is 22.8 Å². The molecule has 3 rings (SSSR count). The monoisotopic (exact) mass is 298 g/mol. The van der Waals surface area contributed by atoms with E-state index in [-0.39, 0.29) is 30.0 Å².